The number of halogens is 3. The number of aromatic nitrogens is 2. The Bertz CT molecular complexity index is 625. The first-order chi connectivity index (χ1) is 9.69. The number of ether oxygens (including phenoxy) is 1. The third-order valence-electron chi connectivity index (χ3n) is 3.65. The zero-order chi connectivity index (χ0) is 14.1. The van der Waals surface area contributed by atoms with E-state index in [2.05, 4.69) is 9.55 Å². The molecule has 0 spiro atoms. The molecule has 1 saturated heterocycles. The minimum atomic E-state index is -0.195. The highest BCUT2D eigenvalue weighted by atomic mass is 127. The summed E-state index contributed by atoms with van der Waals surface area (Å²) in [6.45, 7) is 2.41. The largest absolute Gasteiger partial charge is 0.381 e. The van der Waals surface area contributed by atoms with Crippen molar-refractivity contribution in [3.05, 3.63) is 27.3 Å². The van der Waals surface area contributed by atoms with Crippen molar-refractivity contribution in [1.29, 1.82) is 0 Å². The molecule has 1 fully saturated rings. The second-order valence-corrected chi connectivity index (χ2v) is 6.60. The van der Waals surface area contributed by atoms with Crippen molar-refractivity contribution in [3.8, 4) is 0 Å². The number of alkyl halides is 1. The van der Waals surface area contributed by atoms with Crippen molar-refractivity contribution in [3.63, 3.8) is 0 Å². The summed E-state index contributed by atoms with van der Waals surface area (Å²) in [4.78, 5) is 4.61. The fourth-order valence-electron chi connectivity index (χ4n) is 2.63. The fraction of sp³-hybridized carbons (Fsp3) is 0.500. The Labute approximate surface area is 135 Å². The number of aryl methyl sites for hydroxylation is 1. The molecular formula is C14H15ClFIN2O. The highest BCUT2D eigenvalue weighted by molar-refractivity contribution is 14.1. The Hall–Kier alpha value is -0.400. The van der Waals surface area contributed by atoms with E-state index in [9.17, 15) is 4.39 Å². The summed E-state index contributed by atoms with van der Waals surface area (Å²) in [5.41, 5.74) is 1.70. The zero-order valence-electron chi connectivity index (χ0n) is 10.9. The third kappa shape index (κ3) is 2.80. The molecule has 0 amide bonds. The highest BCUT2D eigenvalue weighted by Gasteiger charge is 2.20. The van der Waals surface area contributed by atoms with Crippen LogP contribution < -0.4 is 0 Å². The maximum absolute atomic E-state index is 13.8. The number of hydrogen-bond acceptors (Lipinski definition) is 2. The Kier molecular flexibility index (Phi) is 4.47. The first-order valence-corrected chi connectivity index (χ1v) is 8.28. The van der Waals surface area contributed by atoms with Gasteiger partial charge in [0.05, 0.1) is 21.2 Å². The smallest absolute Gasteiger partial charge is 0.138 e. The van der Waals surface area contributed by atoms with E-state index >= 15 is 0 Å². The summed E-state index contributed by atoms with van der Waals surface area (Å²) in [6.07, 6.45) is 1.74. The van der Waals surface area contributed by atoms with Gasteiger partial charge in [0.2, 0.25) is 0 Å². The van der Waals surface area contributed by atoms with Crippen molar-refractivity contribution in [2.24, 2.45) is 5.92 Å². The first-order valence-electron chi connectivity index (χ1n) is 6.67. The van der Waals surface area contributed by atoms with Gasteiger partial charge in [0.25, 0.3) is 0 Å². The minimum Gasteiger partial charge on any atom is -0.381 e. The van der Waals surface area contributed by atoms with E-state index in [4.69, 9.17) is 16.3 Å². The molecule has 0 saturated carbocycles. The average molecular weight is 409 g/mol. The van der Waals surface area contributed by atoms with Crippen LogP contribution in [0.25, 0.3) is 11.0 Å². The maximum atomic E-state index is 13.8. The van der Waals surface area contributed by atoms with Crippen molar-refractivity contribution in [2.75, 3.05) is 19.1 Å². The van der Waals surface area contributed by atoms with Gasteiger partial charge >= 0.3 is 0 Å². The molecule has 3 rings (SSSR count). The van der Waals surface area contributed by atoms with E-state index in [1.807, 2.05) is 22.6 Å². The van der Waals surface area contributed by atoms with Gasteiger partial charge in [-0.05, 0) is 35.1 Å². The van der Waals surface area contributed by atoms with Crippen LogP contribution in [0.5, 0.6) is 0 Å². The number of fused-ring (bicyclic) bond motifs is 1. The predicted octanol–water partition coefficient (Wildman–Crippen LogP) is 3.60. The van der Waals surface area contributed by atoms with Crippen LogP contribution in [0.4, 0.5) is 4.39 Å². The molecule has 1 aliphatic heterocycles. The molecule has 20 heavy (non-hydrogen) atoms. The summed E-state index contributed by atoms with van der Waals surface area (Å²) < 4.78 is 22.0. The van der Waals surface area contributed by atoms with Crippen LogP contribution in [0.15, 0.2) is 12.1 Å². The molecule has 1 aromatic carbocycles. The lowest BCUT2D eigenvalue weighted by Gasteiger charge is -2.13. The normalized spacial score (nSPS) is 19.1. The Morgan fingerprint density at radius 2 is 2.35 bits per heavy atom. The molecule has 1 aromatic heterocycles. The maximum Gasteiger partial charge on any atom is 0.138 e. The van der Waals surface area contributed by atoms with Gasteiger partial charge in [-0.25, -0.2) is 9.37 Å². The van der Waals surface area contributed by atoms with Crippen LogP contribution in [-0.4, -0.2) is 28.6 Å². The lowest BCUT2D eigenvalue weighted by molar-refractivity contribution is 0.182. The number of benzene rings is 1. The number of rotatable bonds is 4. The molecule has 1 atom stereocenters. The Morgan fingerprint density at radius 1 is 1.50 bits per heavy atom. The Morgan fingerprint density at radius 3 is 3.05 bits per heavy atom. The topological polar surface area (TPSA) is 27.1 Å². The summed E-state index contributed by atoms with van der Waals surface area (Å²) >= 11 is 7.86. The molecule has 2 aromatic rings. The standard InChI is InChI=1S/C14H15ClFIN2O/c15-3-1-14-18-12-6-11(17)10(16)5-13(12)19(14)7-9-2-4-20-8-9/h5-6,9H,1-4,7-8H2. The molecule has 3 nitrogen and oxygen atoms in total. The molecule has 2 heterocycles. The van der Waals surface area contributed by atoms with Crippen LogP contribution in [0, 0.1) is 15.3 Å². The van der Waals surface area contributed by atoms with E-state index in [0.29, 0.717) is 21.8 Å². The molecule has 0 N–H and O–H groups in total. The quantitative estimate of drug-likeness (QED) is 0.571. The van der Waals surface area contributed by atoms with Gasteiger partial charge in [-0.15, -0.1) is 11.6 Å². The summed E-state index contributed by atoms with van der Waals surface area (Å²) in [7, 11) is 0. The van der Waals surface area contributed by atoms with Crippen LogP contribution in [0.1, 0.15) is 12.2 Å². The molecule has 1 aliphatic rings. The van der Waals surface area contributed by atoms with Gasteiger partial charge in [0.1, 0.15) is 11.6 Å². The molecule has 108 valence electrons. The van der Waals surface area contributed by atoms with Crippen LogP contribution >= 0.6 is 34.2 Å². The minimum absolute atomic E-state index is 0.195. The SMILES string of the molecule is Fc1cc2c(cc1I)nc(CCCl)n2CC1CCOC1. The van der Waals surface area contributed by atoms with Gasteiger partial charge in [-0.2, -0.15) is 0 Å². The van der Waals surface area contributed by atoms with E-state index in [1.165, 1.54) is 0 Å². The van der Waals surface area contributed by atoms with E-state index in [-0.39, 0.29) is 5.82 Å². The second kappa shape index (κ2) is 6.15. The van der Waals surface area contributed by atoms with Gasteiger partial charge in [-0.3, -0.25) is 0 Å². The molecule has 0 radical (unpaired) electrons. The van der Waals surface area contributed by atoms with Crippen LogP contribution in [-0.2, 0) is 17.7 Å². The lowest BCUT2D eigenvalue weighted by Crippen LogP contribution is -2.13. The average Bonchev–Trinajstić information content (AvgIpc) is 3.02. The Balaban J connectivity index is 2.04. The van der Waals surface area contributed by atoms with Gasteiger partial charge in [-0.1, -0.05) is 0 Å². The summed E-state index contributed by atoms with van der Waals surface area (Å²) in [6, 6.07) is 3.38. The van der Waals surface area contributed by atoms with E-state index < -0.39 is 0 Å². The fourth-order valence-corrected chi connectivity index (χ4v) is 3.25. The molecule has 6 heteroatoms. The third-order valence-corrected chi connectivity index (χ3v) is 4.67. The van der Waals surface area contributed by atoms with Crippen LogP contribution in [0.3, 0.4) is 0 Å². The van der Waals surface area contributed by atoms with Gasteiger partial charge in [0, 0.05) is 37.4 Å². The van der Waals surface area contributed by atoms with Crippen molar-refractivity contribution in [2.45, 2.75) is 19.4 Å². The van der Waals surface area contributed by atoms with Gasteiger partial charge in [0.15, 0.2) is 0 Å². The molecule has 1 unspecified atom stereocenters. The van der Waals surface area contributed by atoms with Crippen molar-refractivity contribution < 1.29 is 9.13 Å². The summed E-state index contributed by atoms with van der Waals surface area (Å²) in [5, 5.41) is 0. The van der Waals surface area contributed by atoms with Crippen molar-refractivity contribution >= 4 is 45.2 Å². The second-order valence-electron chi connectivity index (χ2n) is 5.06. The monoisotopic (exact) mass is 408 g/mol. The zero-order valence-corrected chi connectivity index (χ0v) is 13.8. The first kappa shape index (κ1) is 14.5. The molecule has 0 aliphatic carbocycles. The number of imidazole rings is 1. The number of hydrogen-bond donors (Lipinski definition) is 0. The summed E-state index contributed by atoms with van der Waals surface area (Å²) in [5.74, 6) is 1.73. The lowest BCUT2D eigenvalue weighted by atomic mass is 10.1. The van der Waals surface area contributed by atoms with Crippen LogP contribution in [0.2, 0.25) is 0 Å². The van der Waals surface area contributed by atoms with E-state index in [1.54, 1.807) is 12.1 Å². The van der Waals surface area contributed by atoms with Crippen molar-refractivity contribution in [1.82, 2.24) is 9.55 Å². The van der Waals surface area contributed by atoms with Gasteiger partial charge < -0.3 is 9.30 Å². The number of nitrogens with zero attached hydrogens (tertiary/aromatic N) is 2. The molecular weight excluding hydrogens is 394 g/mol. The highest BCUT2D eigenvalue weighted by Crippen LogP contribution is 2.25. The molecule has 0 bridgehead atoms. The van der Waals surface area contributed by atoms with E-state index in [0.717, 1.165) is 43.0 Å². The predicted molar refractivity (Wildman–Crippen MR) is 85.8 cm³/mol.